The van der Waals surface area contributed by atoms with E-state index in [2.05, 4.69) is 172 Å². The van der Waals surface area contributed by atoms with Gasteiger partial charge in [0.2, 0.25) is 0 Å². The van der Waals surface area contributed by atoms with Crippen molar-refractivity contribution in [1.82, 2.24) is 0 Å². The van der Waals surface area contributed by atoms with Gasteiger partial charge in [0, 0.05) is 10.1 Å². The van der Waals surface area contributed by atoms with Crippen LogP contribution < -0.4 is 0 Å². The number of rotatable bonds is 9. The average molecular weight is 503 g/mol. The lowest BCUT2D eigenvalue weighted by molar-refractivity contribution is 0.516. The Bertz CT molecular complexity index is 1110. The van der Waals surface area contributed by atoms with E-state index >= 15 is 0 Å². The van der Waals surface area contributed by atoms with E-state index in [4.69, 9.17) is 0 Å². The molecule has 0 saturated carbocycles. The maximum absolute atomic E-state index is 4.51. The highest BCUT2D eigenvalue weighted by Crippen LogP contribution is 2.61. The first-order valence-corrected chi connectivity index (χ1v) is 18.9. The van der Waals surface area contributed by atoms with E-state index < -0.39 is 16.1 Å². The van der Waals surface area contributed by atoms with E-state index in [9.17, 15) is 0 Å². The molecule has 0 nitrogen and oxygen atoms in total. The van der Waals surface area contributed by atoms with Crippen molar-refractivity contribution in [1.29, 1.82) is 0 Å². The molecule has 0 spiro atoms. The Morgan fingerprint density at radius 1 is 0.417 bits per heavy atom. The number of benzene rings is 4. The molecule has 0 heterocycles. The molecule has 182 valence electrons. The zero-order valence-electron chi connectivity index (χ0n) is 22.1. The van der Waals surface area contributed by atoms with E-state index in [1.54, 1.807) is 0 Å². The summed E-state index contributed by atoms with van der Waals surface area (Å²) in [5.41, 5.74) is 10.0. The van der Waals surface area contributed by atoms with Crippen molar-refractivity contribution < 1.29 is 0 Å². The second-order valence-electron chi connectivity index (χ2n) is 10.8. The summed E-state index contributed by atoms with van der Waals surface area (Å²) in [6, 6.07) is 44.9. The molecule has 36 heavy (non-hydrogen) atoms. The van der Waals surface area contributed by atoms with Crippen molar-refractivity contribution in [3.05, 3.63) is 168 Å². The Morgan fingerprint density at radius 2 is 0.611 bits per heavy atom. The topological polar surface area (TPSA) is 0 Å². The summed E-state index contributed by atoms with van der Waals surface area (Å²) in [5, 5.41) is -0.701. The van der Waals surface area contributed by atoms with Crippen molar-refractivity contribution in [3.63, 3.8) is 0 Å². The molecule has 0 radical (unpaired) electrons. The lowest BCUT2D eigenvalue weighted by atomic mass is 9.71. The molecule has 0 aromatic heterocycles. The third-order valence-corrected chi connectivity index (χ3v) is 16.4. The molecule has 2 heteroatoms. The number of hydrogen-bond donors (Lipinski definition) is 0. The van der Waals surface area contributed by atoms with Crippen molar-refractivity contribution in [2.24, 2.45) is 0 Å². The Morgan fingerprint density at radius 3 is 0.778 bits per heavy atom. The van der Waals surface area contributed by atoms with Gasteiger partial charge in [-0.1, -0.05) is 148 Å². The Hall–Kier alpha value is -3.21. The summed E-state index contributed by atoms with van der Waals surface area (Å²) in [6.45, 7) is 19.0. The molecule has 0 N–H and O–H groups in total. The minimum atomic E-state index is -2.31. The van der Waals surface area contributed by atoms with Gasteiger partial charge in [-0.15, -0.1) is 24.6 Å². The maximum atomic E-state index is 4.51. The molecule has 0 fully saturated rings. The predicted octanol–water partition coefficient (Wildman–Crippen LogP) is 8.90. The first kappa shape index (κ1) is 25.9. The molecular weight excluding hydrogens is 465 g/mol. The van der Waals surface area contributed by atoms with E-state index in [1.807, 2.05) is 0 Å². The fourth-order valence-electron chi connectivity index (χ4n) is 6.71. The highest BCUT2D eigenvalue weighted by Gasteiger charge is 2.67. The van der Waals surface area contributed by atoms with Crippen molar-refractivity contribution in [3.8, 4) is 0 Å². The van der Waals surface area contributed by atoms with Gasteiger partial charge in [0.05, 0.1) is 16.1 Å². The van der Waals surface area contributed by atoms with Crippen LogP contribution in [0.4, 0.5) is 0 Å². The zero-order chi connectivity index (χ0) is 25.9. The van der Waals surface area contributed by atoms with Crippen LogP contribution >= 0.6 is 0 Å². The molecule has 4 aromatic carbocycles. The van der Waals surface area contributed by atoms with E-state index in [1.165, 1.54) is 22.3 Å². The van der Waals surface area contributed by atoms with Crippen LogP contribution in [0.15, 0.2) is 146 Å². The highest BCUT2D eigenvalue weighted by atomic mass is 28.3. The van der Waals surface area contributed by atoms with Gasteiger partial charge in [0.15, 0.2) is 0 Å². The standard InChI is InChI=1S/C34H38Si2/c1-7-35(3,4)33(29-21-13-9-14-22-29,30-23-15-10-16-24-30)34(36(5,6)8-2,31-25-17-11-18-26-31)32-27-19-12-20-28-32/h7-28H,1-2H2,3-6H3. The molecule has 0 saturated heterocycles. The molecule has 0 unspecified atom stereocenters. The van der Waals surface area contributed by atoms with Crippen LogP contribution in [0.1, 0.15) is 22.3 Å². The molecule has 4 rings (SSSR count). The molecule has 0 aliphatic heterocycles. The van der Waals surface area contributed by atoms with E-state index in [-0.39, 0.29) is 10.1 Å². The van der Waals surface area contributed by atoms with Gasteiger partial charge in [-0.2, -0.15) is 0 Å². The van der Waals surface area contributed by atoms with Gasteiger partial charge >= 0.3 is 0 Å². The van der Waals surface area contributed by atoms with Gasteiger partial charge in [-0.05, 0) is 22.3 Å². The summed E-state index contributed by atoms with van der Waals surface area (Å²) < 4.78 is 0. The van der Waals surface area contributed by atoms with Crippen molar-refractivity contribution in [2.75, 3.05) is 0 Å². The minimum absolute atomic E-state index is 0.350. The SMILES string of the molecule is C=C[Si](C)(C)C(c1ccccc1)(c1ccccc1)C(c1ccccc1)(c1ccccc1)[Si](C)(C)C=C. The van der Waals surface area contributed by atoms with Crippen LogP contribution in [0.5, 0.6) is 0 Å². The van der Waals surface area contributed by atoms with E-state index in [0.29, 0.717) is 0 Å². The Labute approximate surface area is 220 Å². The first-order chi connectivity index (χ1) is 17.3. The smallest absolute Gasteiger partial charge is 0.0880 e. The molecule has 0 aliphatic rings. The highest BCUT2D eigenvalue weighted by molar-refractivity contribution is 6.92. The van der Waals surface area contributed by atoms with Gasteiger partial charge in [-0.3, -0.25) is 0 Å². The molecule has 0 bridgehead atoms. The lowest BCUT2D eigenvalue weighted by Crippen LogP contribution is -2.72. The van der Waals surface area contributed by atoms with Crippen LogP contribution in [0.2, 0.25) is 26.2 Å². The predicted molar refractivity (Wildman–Crippen MR) is 163 cm³/mol. The fraction of sp³-hybridized carbons (Fsp3) is 0.176. The average Bonchev–Trinajstić information content (AvgIpc) is 2.93. The van der Waals surface area contributed by atoms with E-state index in [0.717, 1.165) is 0 Å². The largest absolute Gasteiger partial charge is 0.107 e. The van der Waals surface area contributed by atoms with Crippen molar-refractivity contribution >= 4 is 16.1 Å². The molecule has 0 aliphatic carbocycles. The van der Waals surface area contributed by atoms with Gasteiger partial charge in [0.1, 0.15) is 0 Å². The third kappa shape index (κ3) is 3.71. The quantitative estimate of drug-likeness (QED) is 0.200. The molecular formula is C34H38Si2. The lowest BCUT2D eigenvalue weighted by Gasteiger charge is -2.63. The first-order valence-electron chi connectivity index (χ1n) is 12.8. The van der Waals surface area contributed by atoms with Crippen molar-refractivity contribution in [2.45, 2.75) is 36.3 Å². The monoisotopic (exact) mass is 502 g/mol. The van der Waals surface area contributed by atoms with Crippen LogP contribution in [0.25, 0.3) is 0 Å². The number of hydrogen-bond acceptors (Lipinski definition) is 0. The Kier molecular flexibility index (Phi) is 7.22. The molecule has 0 atom stereocenters. The Balaban J connectivity index is 2.42. The molecule has 0 amide bonds. The van der Waals surface area contributed by atoms with Crippen LogP contribution in [-0.2, 0) is 10.1 Å². The van der Waals surface area contributed by atoms with Gasteiger partial charge in [0.25, 0.3) is 0 Å². The van der Waals surface area contributed by atoms with Gasteiger partial charge in [-0.25, -0.2) is 0 Å². The summed E-state index contributed by atoms with van der Waals surface area (Å²) in [5.74, 6) is 0. The fourth-order valence-corrected chi connectivity index (χ4v) is 15.4. The summed E-state index contributed by atoms with van der Waals surface area (Å²) >= 11 is 0. The van der Waals surface area contributed by atoms with Crippen LogP contribution in [-0.4, -0.2) is 16.1 Å². The summed E-state index contributed by atoms with van der Waals surface area (Å²) in [4.78, 5) is 0. The second kappa shape index (κ2) is 10.0. The van der Waals surface area contributed by atoms with Crippen LogP contribution in [0, 0.1) is 0 Å². The maximum Gasteiger partial charge on any atom is 0.0880 e. The molecule has 4 aromatic rings. The second-order valence-corrected chi connectivity index (χ2v) is 20.0. The van der Waals surface area contributed by atoms with Crippen LogP contribution in [0.3, 0.4) is 0 Å². The zero-order valence-corrected chi connectivity index (χ0v) is 24.1. The summed E-state index contributed by atoms with van der Waals surface area (Å²) in [7, 11) is -4.63. The summed E-state index contributed by atoms with van der Waals surface area (Å²) in [6.07, 6.45) is 0. The van der Waals surface area contributed by atoms with Gasteiger partial charge < -0.3 is 0 Å². The normalized spacial score (nSPS) is 12.7. The minimum Gasteiger partial charge on any atom is -0.107 e. The third-order valence-electron chi connectivity index (χ3n) is 8.34.